The number of rotatable bonds is 2. The number of aryl methyl sites for hydroxylation is 5. The molecule has 5 nitrogen and oxygen atoms in total. The molecule has 0 amide bonds. The first-order valence-electron chi connectivity index (χ1n) is 11.5. The molecule has 0 saturated carbocycles. The molecule has 0 aliphatic carbocycles. The Morgan fingerprint density at radius 1 is 0.967 bits per heavy atom. The lowest BCUT2D eigenvalue weighted by Crippen LogP contribution is -2.40. The highest BCUT2D eigenvalue weighted by atomic mass is 15.2. The van der Waals surface area contributed by atoms with Crippen molar-refractivity contribution in [3.8, 4) is 22.8 Å². The normalized spacial score (nSPS) is 13.6. The highest BCUT2D eigenvalue weighted by Gasteiger charge is 2.27. The summed E-state index contributed by atoms with van der Waals surface area (Å²) in [5.74, 6) is 0.875. The first-order valence-corrected chi connectivity index (χ1v) is 10.0. The van der Waals surface area contributed by atoms with Crippen molar-refractivity contribution in [3.63, 3.8) is 0 Å². The lowest BCUT2D eigenvalue weighted by molar-refractivity contribution is -0.685. The molecule has 150 valence electrons. The molecule has 0 radical (unpaired) electrons. The summed E-state index contributed by atoms with van der Waals surface area (Å²) >= 11 is 0. The molecule has 30 heavy (non-hydrogen) atoms. The fourth-order valence-corrected chi connectivity index (χ4v) is 4.27. The van der Waals surface area contributed by atoms with Crippen molar-refractivity contribution in [2.45, 2.75) is 20.7 Å². The lowest BCUT2D eigenvalue weighted by atomic mass is 10.1. The minimum atomic E-state index is -2.16. The predicted octanol–water partition coefficient (Wildman–Crippen LogP) is 3.73. The number of para-hydroxylation sites is 2. The zero-order valence-corrected chi connectivity index (χ0v) is 17.9. The van der Waals surface area contributed by atoms with E-state index in [4.69, 9.17) is 9.10 Å². The van der Waals surface area contributed by atoms with Crippen molar-refractivity contribution in [1.82, 2.24) is 14.0 Å². The molecule has 4 aromatic heterocycles. The van der Waals surface area contributed by atoms with Gasteiger partial charge in [0.15, 0.2) is 6.20 Å². The first-order chi connectivity index (χ1) is 15.6. The third-order valence-corrected chi connectivity index (χ3v) is 5.94. The smallest absolute Gasteiger partial charge is 0.277 e. The van der Waals surface area contributed by atoms with Gasteiger partial charge < -0.3 is 4.57 Å². The van der Waals surface area contributed by atoms with Crippen LogP contribution in [0.1, 0.15) is 20.8 Å². The van der Waals surface area contributed by atoms with Crippen LogP contribution in [0.4, 0.5) is 0 Å². The summed E-state index contributed by atoms with van der Waals surface area (Å²) in [6.45, 7) is 1.75. The van der Waals surface area contributed by atoms with Gasteiger partial charge in [0.2, 0.25) is 11.5 Å². The van der Waals surface area contributed by atoms with Gasteiger partial charge in [-0.25, -0.2) is 4.98 Å². The average molecular weight is 401 g/mol. The van der Waals surface area contributed by atoms with Crippen LogP contribution < -0.4 is 9.13 Å². The highest BCUT2D eigenvalue weighted by molar-refractivity contribution is 5.81. The van der Waals surface area contributed by atoms with Gasteiger partial charge >= 0.3 is 0 Å². The van der Waals surface area contributed by atoms with Gasteiger partial charge in [0.1, 0.15) is 19.8 Å². The van der Waals surface area contributed by atoms with E-state index in [2.05, 4.69) is 44.9 Å². The Kier molecular flexibility index (Phi) is 3.34. The maximum atomic E-state index is 7.96. The molecular weight excluding hydrogens is 370 g/mol. The van der Waals surface area contributed by atoms with Crippen LogP contribution >= 0.6 is 0 Å². The van der Waals surface area contributed by atoms with E-state index in [0.29, 0.717) is 5.56 Å². The van der Waals surface area contributed by atoms with E-state index in [1.54, 1.807) is 6.07 Å². The average Bonchev–Trinajstić information content (AvgIpc) is 3.25. The van der Waals surface area contributed by atoms with E-state index in [9.17, 15) is 0 Å². The molecule has 0 saturated heterocycles. The maximum Gasteiger partial charge on any atom is 0.277 e. The number of nitrogens with zero attached hydrogens (tertiary/aromatic N) is 5. The van der Waals surface area contributed by atoms with Crippen molar-refractivity contribution >= 4 is 16.8 Å². The minimum absolute atomic E-state index is 0.377. The molecule has 0 atom stereocenters. The van der Waals surface area contributed by atoms with Crippen molar-refractivity contribution in [1.29, 1.82) is 0 Å². The minimum Gasteiger partial charge on any atom is -0.308 e. The van der Waals surface area contributed by atoms with Crippen molar-refractivity contribution in [3.05, 3.63) is 71.5 Å². The van der Waals surface area contributed by atoms with Gasteiger partial charge in [-0.05, 0) is 44.0 Å². The summed E-state index contributed by atoms with van der Waals surface area (Å²) in [5.41, 5.74) is 8.11. The SMILES string of the molecule is [2H]C([2H])([2H])c1cc(-c2cc(C)cc(-c3cn4c5ccccc5nc4n3C)[n+]2C)[n+](C)cc1C. The second-order valence-electron chi connectivity index (χ2n) is 8.07. The van der Waals surface area contributed by atoms with E-state index >= 15 is 0 Å². The number of fused-ring (bicyclic) bond motifs is 3. The molecule has 0 unspecified atom stereocenters. The molecular formula is C25H27N5+2. The number of pyridine rings is 2. The summed E-state index contributed by atoms with van der Waals surface area (Å²) in [5, 5.41) is 0. The molecule has 0 aliphatic rings. The number of aromatic nitrogens is 5. The highest BCUT2D eigenvalue weighted by Crippen LogP contribution is 2.26. The quantitative estimate of drug-likeness (QED) is 0.415. The third-order valence-electron chi connectivity index (χ3n) is 5.94. The Hall–Kier alpha value is -3.47. The van der Waals surface area contributed by atoms with E-state index < -0.39 is 6.85 Å². The van der Waals surface area contributed by atoms with Gasteiger partial charge in [-0.1, -0.05) is 12.1 Å². The van der Waals surface area contributed by atoms with Gasteiger partial charge in [0.05, 0.1) is 11.0 Å². The number of imidazole rings is 2. The standard InChI is InChI=1S/C25H27N5/c1-16-11-22(21-13-17(2)18(3)14-27(21)4)28(5)23(12-16)24-15-30-20-10-8-7-9-19(20)26-25(30)29(24)6/h7-15H,1-6H3/q+2/i2D3. The fourth-order valence-electron chi connectivity index (χ4n) is 4.27. The fraction of sp³-hybridized carbons (Fsp3) is 0.240. The van der Waals surface area contributed by atoms with Crippen LogP contribution in [0.25, 0.3) is 39.6 Å². The molecule has 0 aliphatic heterocycles. The Balaban J connectivity index is 1.75. The first kappa shape index (κ1) is 15.4. The van der Waals surface area contributed by atoms with Gasteiger partial charge in [-0.15, -0.1) is 0 Å². The third kappa shape index (κ3) is 2.65. The monoisotopic (exact) mass is 400 g/mol. The van der Waals surface area contributed by atoms with E-state index in [-0.39, 0.29) is 0 Å². The van der Waals surface area contributed by atoms with Crippen LogP contribution in [0, 0.1) is 20.7 Å². The van der Waals surface area contributed by atoms with Gasteiger partial charge in [-0.3, -0.25) is 4.40 Å². The van der Waals surface area contributed by atoms with Gasteiger partial charge in [0, 0.05) is 41.1 Å². The summed E-state index contributed by atoms with van der Waals surface area (Å²) in [6, 6.07) is 14.2. The summed E-state index contributed by atoms with van der Waals surface area (Å²) in [4.78, 5) is 4.81. The maximum absolute atomic E-state index is 7.96. The molecule has 0 N–H and O–H groups in total. The Labute approximate surface area is 180 Å². The zero-order valence-electron chi connectivity index (χ0n) is 20.9. The number of benzene rings is 1. The van der Waals surface area contributed by atoms with E-state index in [0.717, 1.165) is 50.7 Å². The summed E-state index contributed by atoms with van der Waals surface area (Å²) in [6.07, 6.45) is 4.01. The van der Waals surface area contributed by atoms with Crippen molar-refractivity contribution in [2.24, 2.45) is 21.1 Å². The van der Waals surface area contributed by atoms with Crippen LogP contribution in [0.2, 0.25) is 0 Å². The van der Waals surface area contributed by atoms with Crippen LogP contribution in [-0.4, -0.2) is 14.0 Å². The van der Waals surface area contributed by atoms with Crippen LogP contribution in [-0.2, 0) is 21.1 Å². The lowest BCUT2D eigenvalue weighted by Gasteiger charge is -2.08. The van der Waals surface area contributed by atoms with Crippen molar-refractivity contribution < 1.29 is 13.2 Å². The summed E-state index contributed by atoms with van der Waals surface area (Å²) < 4.78 is 32.2. The zero-order chi connectivity index (χ0) is 23.7. The predicted molar refractivity (Wildman–Crippen MR) is 119 cm³/mol. The summed E-state index contributed by atoms with van der Waals surface area (Å²) in [7, 11) is 6.00. The number of hydrogen-bond acceptors (Lipinski definition) is 1. The largest absolute Gasteiger partial charge is 0.308 e. The topological polar surface area (TPSA) is 30.0 Å². The molecule has 0 bridgehead atoms. The molecule has 5 rings (SSSR count). The van der Waals surface area contributed by atoms with Gasteiger partial charge in [0.25, 0.3) is 11.4 Å². The molecule has 1 aromatic carbocycles. The Morgan fingerprint density at radius 3 is 2.53 bits per heavy atom. The van der Waals surface area contributed by atoms with Crippen LogP contribution in [0.5, 0.6) is 0 Å². The van der Waals surface area contributed by atoms with Crippen LogP contribution in [0.15, 0.2) is 54.9 Å². The van der Waals surface area contributed by atoms with Crippen molar-refractivity contribution in [2.75, 3.05) is 0 Å². The van der Waals surface area contributed by atoms with Gasteiger partial charge in [-0.2, -0.15) is 9.13 Å². The molecule has 0 spiro atoms. The van der Waals surface area contributed by atoms with Crippen LogP contribution in [0.3, 0.4) is 0 Å². The molecule has 4 heterocycles. The van der Waals surface area contributed by atoms with E-state index in [1.165, 1.54) is 0 Å². The molecule has 5 aromatic rings. The second kappa shape index (κ2) is 6.52. The van der Waals surface area contributed by atoms with E-state index in [1.807, 2.05) is 57.0 Å². The molecule has 0 fully saturated rings. The second-order valence-corrected chi connectivity index (χ2v) is 8.07. The Bertz CT molecular complexity index is 1560. The number of hydrogen-bond donors (Lipinski definition) is 0. The Morgan fingerprint density at radius 2 is 1.73 bits per heavy atom. The molecule has 5 heteroatoms.